The first-order valence-electron chi connectivity index (χ1n) is 8.83. The van der Waals surface area contributed by atoms with Gasteiger partial charge in [-0.05, 0) is 48.5 Å². The van der Waals surface area contributed by atoms with Crippen LogP contribution in [0, 0.1) is 0 Å². The van der Waals surface area contributed by atoms with E-state index in [4.69, 9.17) is 10.5 Å². The number of ether oxygens (including phenoxy) is 1. The zero-order valence-corrected chi connectivity index (χ0v) is 15.8. The number of nitrogen functional groups attached to an aromatic ring is 1. The lowest BCUT2D eigenvalue weighted by molar-refractivity contribution is -0.121. The van der Waals surface area contributed by atoms with Crippen LogP contribution in [-0.4, -0.2) is 17.1 Å². The van der Waals surface area contributed by atoms with Crippen molar-refractivity contribution in [2.75, 3.05) is 10.6 Å². The Morgan fingerprint density at radius 3 is 2.21 bits per heavy atom. The number of hydrogen-bond donors (Lipinski definition) is 1. The predicted molar refractivity (Wildman–Crippen MR) is 111 cm³/mol. The molecule has 1 heterocycles. The summed E-state index contributed by atoms with van der Waals surface area (Å²) in [7, 11) is 0. The van der Waals surface area contributed by atoms with Gasteiger partial charge in [0.15, 0.2) is 0 Å². The second-order valence-electron chi connectivity index (χ2n) is 6.32. The van der Waals surface area contributed by atoms with E-state index in [9.17, 15) is 9.59 Å². The van der Waals surface area contributed by atoms with E-state index >= 15 is 0 Å². The van der Waals surface area contributed by atoms with Gasteiger partial charge in [-0.3, -0.25) is 9.59 Å². The van der Waals surface area contributed by atoms with Gasteiger partial charge in [0.25, 0.3) is 0 Å². The van der Waals surface area contributed by atoms with E-state index < -0.39 is 5.25 Å². The molecule has 1 saturated heterocycles. The molecule has 2 N–H and O–H groups in total. The average Bonchev–Trinajstić information content (AvgIpc) is 2.98. The molecule has 4 rings (SSSR count). The van der Waals surface area contributed by atoms with Gasteiger partial charge in [0.1, 0.15) is 11.5 Å². The third kappa shape index (κ3) is 3.73. The van der Waals surface area contributed by atoms with Gasteiger partial charge in [0.05, 0.1) is 10.9 Å². The molecule has 0 radical (unpaired) electrons. The number of rotatable bonds is 5. The Balaban J connectivity index is 1.49. The highest BCUT2D eigenvalue weighted by atomic mass is 32.2. The number of nitrogens with zero attached hydrogens (tertiary/aromatic N) is 1. The molecule has 0 spiro atoms. The Hall–Kier alpha value is -3.25. The molecule has 28 heavy (non-hydrogen) atoms. The van der Waals surface area contributed by atoms with E-state index in [0.717, 1.165) is 10.6 Å². The van der Waals surface area contributed by atoms with Gasteiger partial charge >= 0.3 is 0 Å². The number of thioether (sulfide) groups is 1. The third-order valence-electron chi connectivity index (χ3n) is 4.37. The molecule has 1 aliphatic rings. The molecule has 1 fully saturated rings. The fraction of sp³-hybridized carbons (Fsp3) is 0.0909. The summed E-state index contributed by atoms with van der Waals surface area (Å²) in [5.41, 5.74) is 7.11. The summed E-state index contributed by atoms with van der Waals surface area (Å²) in [5.74, 6) is 0.918. The normalized spacial score (nSPS) is 16.4. The zero-order valence-electron chi connectivity index (χ0n) is 14.9. The first-order chi connectivity index (χ1) is 13.6. The quantitative estimate of drug-likeness (QED) is 0.513. The maximum Gasteiger partial charge on any atom is 0.247 e. The minimum absolute atomic E-state index is 0.153. The molecule has 5 nitrogen and oxygen atoms in total. The molecule has 0 unspecified atom stereocenters. The SMILES string of the molecule is Nc1ccccc1S[C@@H]1CC(=O)N(c2ccc(Oc3ccccc3)cc2)C1=O. The molecule has 3 aromatic rings. The van der Waals surface area contributed by atoms with Gasteiger partial charge in [-0.1, -0.05) is 30.3 Å². The molecule has 2 amide bonds. The lowest BCUT2D eigenvalue weighted by Crippen LogP contribution is -2.31. The predicted octanol–water partition coefficient (Wildman–Crippen LogP) is 4.49. The Morgan fingerprint density at radius 2 is 1.50 bits per heavy atom. The summed E-state index contributed by atoms with van der Waals surface area (Å²) in [6.45, 7) is 0. The minimum atomic E-state index is -0.475. The van der Waals surface area contributed by atoms with Crippen LogP contribution in [0.15, 0.2) is 83.8 Å². The average molecular weight is 390 g/mol. The van der Waals surface area contributed by atoms with Crippen molar-refractivity contribution < 1.29 is 14.3 Å². The van der Waals surface area contributed by atoms with Crippen LogP contribution in [0.25, 0.3) is 0 Å². The summed E-state index contributed by atoms with van der Waals surface area (Å²) in [5, 5.41) is -0.475. The van der Waals surface area contributed by atoms with Crippen molar-refractivity contribution in [1.29, 1.82) is 0 Å². The lowest BCUT2D eigenvalue weighted by atomic mass is 10.2. The number of hydrogen-bond acceptors (Lipinski definition) is 5. The van der Waals surface area contributed by atoms with Crippen LogP contribution in [0.5, 0.6) is 11.5 Å². The molecular weight excluding hydrogens is 372 g/mol. The molecule has 1 aliphatic heterocycles. The number of carbonyl (C=O) groups excluding carboxylic acids is 2. The zero-order chi connectivity index (χ0) is 19.5. The summed E-state index contributed by atoms with van der Waals surface area (Å²) in [4.78, 5) is 27.3. The minimum Gasteiger partial charge on any atom is -0.457 e. The van der Waals surface area contributed by atoms with Gasteiger partial charge in [-0.2, -0.15) is 0 Å². The van der Waals surface area contributed by atoms with Crippen LogP contribution in [0.1, 0.15) is 6.42 Å². The van der Waals surface area contributed by atoms with E-state index in [1.807, 2.05) is 48.5 Å². The van der Waals surface area contributed by atoms with E-state index in [2.05, 4.69) is 0 Å². The third-order valence-corrected chi connectivity index (χ3v) is 5.65. The van der Waals surface area contributed by atoms with Crippen molar-refractivity contribution >= 4 is 35.0 Å². The van der Waals surface area contributed by atoms with Gasteiger partial charge < -0.3 is 10.5 Å². The molecule has 0 bridgehead atoms. The number of amides is 2. The second-order valence-corrected chi connectivity index (χ2v) is 7.57. The van der Waals surface area contributed by atoms with Crippen LogP contribution < -0.4 is 15.4 Å². The topological polar surface area (TPSA) is 72.6 Å². The van der Waals surface area contributed by atoms with Crippen LogP contribution in [0.3, 0.4) is 0 Å². The monoisotopic (exact) mass is 390 g/mol. The molecule has 3 aromatic carbocycles. The molecule has 1 atom stereocenters. The highest BCUT2D eigenvalue weighted by molar-refractivity contribution is 8.00. The molecule has 140 valence electrons. The highest BCUT2D eigenvalue weighted by Gasteiger charge is 2.40. The van der Waals surface area contributed by atoms with Gasteiger partial charge in [0, 0.05) is 17.0 Å². The van der Waals surface area contributed by atoms with Crippen molar-refractivity contribution in [1.82, 2.24) is 0 Å². The number of benzene rings is 3. The number of para-hydroxylation sites is 2. The Kier molecular flexibility index (Phi) is 5.04. The van der Waals surface area contributed by atoms with Crippen molar-refractivity contribution in [2.45, 2.75) is 16.6 Å². The largest absolute Gasteiger partial charge is 0.457 e. The van der Waals surface area contributed by atoms with Crippen LogP contribution in [0.4, 0.5) is 11.4 Å². The van der Waals surface area contributed by atoms with Crippen LogP contribution in [-0.2, 0) is 9.59 Å². The second kappa shape index (κ2) is 7.78. The molecular formula is C22H18N2O3S. The maximum absolute atomic E-state index is 12.8. The van der Waals surface area contributed by atoms with E-state index in [-0.39, 0.29) is 18.2 Å². The van der Waals surface area contributed by atoms with Gasteiger partial charge in [0.2, 0.25) is 11.8 Å². The molecule has 0 aliphatic carbocycles. The Labute approximate surface area is 167 Å². The summed E-state index contributed by atoms with van der Waals surface area (Å²) < 4.78 is 5.76. The first kappa shape index (κ1) is 18.1. The van der Waals surface area contributed by atoms with E-state index in [1.54, 1.807) is 30.3 Å². The standard InChI is InChI=1S/C22H18N2O3S/c23-18-8-4-5-9-19(18)28-20-14-21(25)24(22(20)26)15-10-12-17(13-11-15)27-16-6-2-1-3-7-16/h1-13,20H,14,23H2/t20-/m1/s1. The number of nitrogens with two attached hydrogens (primary N) is 1. The van der Waals surface area contributed by atoms with Crippen molar-refractivity contribution in [3.8, 4) is 11.5 Å². The first-order valence-corrected chi connectivity index (χ1v) is 9.71. The van der Waals surface area contributed by atoms with Crippen molar-refractivity contribution in [2.24, 2.45) is 0 Å². The Bertz CT molecular complexity index is 1010. The Morgan fingerprint density at radius 1 is 0.857 bits per heavy atom. The molecule has 0 saturated carbocycles. The van der Waals surface area contributed by atoms with Gasteiger partial charge in [-0.25, -0.2) is 4.90 Å². The summed E-state index contributed by atoms with van der Waals surface area (Å²) in [6, 6.07) is 23.7. The van der Waals surface area contributed by atoms with E-state index in [0.29, 0.717) is 17.1 Å². The fourth-order valence-corrected chi connectivity index (χ4v) is 4.10. The van der Waals surface area contributed by atoms with E-state index in [1.165, 1.54) is 16.7 Å². The molecule has 6 heteroatoms. The number of anilines is 2. The highest BCUT2D eigenvalue weighted by Crippen LogP contribution is 2.36. The summed E-state index contributed by atoms with van der Waals surface area (Å²) >= 11 is 1.33. The van der Waals surface area contributed by atoms with Crippen LogP contribution >= 0.6 is 11.8 Å². The number of carbonyl (C=O) groups is 2. The fourth-order valence-electron chi connectivity index (χ4n) is 3.00. The smallest absolute Gasteiger partial charge is 0.247 e. The summed E-state index contributed by atoms with van der Waals surface area (Å²) in [6.07, 6.45) is 0.153. The van der Waals surface area contributed by atoms with Gasteiger partial charge in [-0.15, -0.1) is 11.8 Å². The lowest BCUT2D eigenvalue weighted by Gasteiger charge is -2.16. The van der Waals surface area contributed by atoms with Crippen molar-refractivity contribution in [3.05, 3.63) is 78.9 Å². The van der Waals surface area contributed by atoms with Crippen LogP contribution in [0.2, 0.25) is 0 Å². The van der Waals surface area contributed by atoms with Crippen molar-refractivity contribution in [3.63, 3.8) is 0 Å². The number of imide groups is 1. The maximum atomic E-state index is 12.8. The molecule has 0 aromatic heterocycles.